The van der Waals surface area contributed by atoms with E-state index in [1.807, 2.05) is 77.0 Å². The molecule has 270 valence electrons. The molecule has 13 nitrogen and oxygen atoms in total. The van der Waals surface area contributed by atoms with Gasteiger partial charge in [-0.15, -0.1) is 0 Å². The Morgan fingerprint density at radius 3 is 1.02 bits per heavy atom. The van der Waals surface area contributed by atoms with Gasteiger partial charge in [-0.05, 0) is 76.2 Å². The average Bonchev–Trinajstić information content (AvgIpc) is 2.85. The minimum absolute atomic E-state index is 0.0775. The second-order valence-electron chi connectivity index (χ2n) is 14.6. The molecule has 1 rings (SSSR count). The highest BCUT2D eigenvalue weighted by Gasteiger charge is 2.28. The summed E-state index contributed by atoms with van der Waals surface area (Å²) < 4.78 is 41.2. The minimum atomic E-state index is -3.27. The molecule has 0 aromatic heterocycles. The molecule has 14 heteroatoms. The van der Waals surface area contributed by atoms with Gasteiger partial charge >= 0.3 is 25.5 Å². The number of hydrogen-bond donors (Lipinski definition) is 0. The first-order valence-electron chi connectivity index (χ1n) is 16.5. The molecule has 0 bridgehead atoms. The number of carbonyl (C=O) groups excluding carboxylic acids is 3. The van der Waals surface area contributed by atoms with Crippen molar-refractivity contribution in [3.05, 3.63) is 0 Å². The van der Waals surface area contributed by atoms with Crippen molar-refractivity contribution in [2.75, 3.05) is 97.9 Å². The highest BCUT2D eigenvalue weighted by molar-refractivity contribution is 7.53. The Kier molecular flexibility index (Phi) is 17.9. The third kappa shape index (κ3) is 20.6. The molecule has 46 heavy (non-hydrogen) atoms. The van der Waals surface area contributed by atoms with E-state index in [-0.39, 0.29) is 56.9 Å². The van der Waals surface area contributed by atoms with Gasteiger partial charge in [0, 0.05) is 58.9 Å². The second kappa shape index (κ2) is 19.4. The van der Waals surface area contributed by atoms with Crippen LogP contribution in [0.1, 0.15) is 76.2 Å². The third-order valence-corrected chi connectivity index (χ3v) is 8.64. The molecule has 0 aliphatic carbocycles. The number of nitrogens with zero attached hydrogens (tertiary/aromatic N) is 4. The Morgan fingerprint density at radius 2 is 0.783 bits per heavy atom. The quantitative estimate of drug-likeness (QED) is 0.160. The topological polar surface area (TPSA) is 127 Å². The summed E-state index contributed by atoms with van der Waals surface area (Å²) in [6.45, 7) is 25.5. The van der Waals surface area contributed by atoms with Crippen molar-refractivity contribution in [3.8, 4) is 0 Å². The van der Waals surface area contributed by atoms with Crippen LogP contribution in [0.5, 0.6) is 0 Å². The standard InChI is InChI=1S/C32H63N4O9P/c1-12-41-46(40,42-13-2)23-22-33-14-16-34(24-27(37)43-30(3,4)5)18-20-36(26-29(39)45-32(9,10)11)21-19-35(17-15-33)25-28(38)44-31(6,7)8/h12-26H2,1-11H3. The zero-order chi connectivity index (χ0) is 35.2. The van der Waals surface area contributed by atoms with Crippen molar-refractivity contribution in [2.45, 2.75) is 93.0 Å². The Hall–Kier alpha value is -1.60. The van der Waals surface area contributed by atoms with E-state index in [9.17, 15) is 18.9 Å². The van der Waals surface area contributed by atoms with Crippen LogP contribution < -0.4 is 0 Å². The number of esters is 3. The summed E-state index contributed by atoms with van der Waals surface area (Å²) in [7, 11) is -3.27. The van der Waals surface area contributed by atoms with Crippen LogP contribution in [0.3, 0.4) is 0 Å². The van der Waals surface area contributed by atoms with Crippen LogP contribution in [-0.4, -0.2) is 152 Å². The van der Waals surface area contributed by atoms with Gasteiger partial charge in [-0.1, -0.05) is 0 Å². The first kappa shape index (κ1) is 42.4. The smallest absolute Gasteiger partial charge is 0.331 e. The molecule has 0 atom stereocenters. The minimum Gasteiger partial charge on any atom is -0.459 e. The summed E-state index contributed by atoms with van der Waals surface area (Å²) >= 11 is 0. The van der Waals surface area contributed by atoms with Crippen LogP contribution in [0.4, 0.5) is 0 Å². The molecular weight excluding hydrogens is 615 g/mol. The molecule has 0 spiro atoms. The van der Waals surface area contributed by atoms with Gasteiger partial charge in [0.05, 0.1) is 39.0 Å². The van der Waals surface area contributed by atoms with E-state index in [1.165, 1.54) is 0 Å². The van der Waals surface area contributed by atoms with E-state index in [0.29, 0.717) is 58.9 Å². The number of ether oxygens (including phenoxy) is 3. The number of hydrogen-bond acceptors (Lipinski definition) is 13. The first-order chi connectivity index (χ1) is 21.1. The van der Waals surface area contributed by atoms with Crippen molar-refractivity contribution >= 4 is 25.5 Å². The fraction of sp³-hybridized carbons (Fsp3) is 0.906. The zero-order valence-corrected chi connectivity index (χ0v) is 31.4. The predicted octanol–water partition coefficient (Wildman–Crippen LogP) is 3.50. The fourth-order valence-electron chi connectivity index (χ4n) is 4.77. The van der Waals surface area contributed by atoms with E-state index in [1.54, 1.807) is 13.8 Å². The molecule has 0 aromatic carbocycles. The van der Waals surface area contributed by atoms with Gasteiger partial charge in [0.15, 0.2) is 0 Å². The van der Waals surface area contributed by atoms with Gasteiger partial charge in [0.2, 0.25) is 0 Å². The van der Waals surface area contributed by atoms with Gasteiger partial charge in [-0.2, -0.15) is 0 Å². The molecule has 0 aromatic rings. The van der Waals surface area contributed by atoms with Crippen LogP contribution in [0, 0.1) is 0 Å². The highest BCUT2D eigenvalue weighted by Crippen LogP contribution is 2.47. The second-order valence-corrected chi connectivity index (χ2v) is 16.8. The van der Waals surface area contributed by atoms with Gasteiger partial charge in [-0.3, -0.25) is 33.6 Å². The molecule has 1 fully saturated rings. The summed E-state index contributed by atoms with van der Waals surface area (Å²) in [6, 6.07) is 0. The summed E-state index contributed by atoms with van der Waals surface area (Å²) in [6.07, 6.45) is 0.219. The maximum atomic E-state index is 13.3. The van der Waals surface area contributed by atoms with Crippen LogP contribution in [0.2, 0.25) is 0 Å². The monoisotopic (exact) mass is 678 g/mol. The lowest BCUT2D eigenvalue weighted by molar-refractivity contribution is -0.158. The van der Waals surface area contributed by atoms with E-state index < -0.39 is 24.4 Å². The van der Waals surface area contributed by atoms with Crippen molar-refractivity contribution in [1.82, 2.24) is 19.6 Å². The largest absolute Gasteiger partial charge is 0.459 e. The average molecular weight is 679 g/mol. The lowest BCUT2D eigenvalue weighted by Gasteiger charge is -2.34. The third-order valence-electron chi connectivity index (χ3n) is 6.59. The highest BCUT2D eigenvalue weighted by atomic mass is 31.2. The Labute approximate surface area is 278 Å². The molecule has 1 aliphatic heterocycles. The molecular formula is C32H63N4O9P. The number of carbonyl (C=O) groups is 3. The van der Waals surface area contributed by atoms with E-state index in [4.69, 9.17) is 23.3 Å². The van der Waals surface area contributed by atoms with Crippen LogP contribution in [0.25, 0.3) is 0 Å². The molecule has 1 aliphatic rings. The Morgan fingerprint density at radius 1 is 0.522 bits per heavy atom. The van der Waals surface area contributed by atoms with Gasteiger partial charge in [0.1, 0.15) is 16.8 Å². The van der Waals surface area contributed by atoms with Gasteiger partial charge in [-0.25, -0.2) is 0 Å². The van der Waals surface area contributed by atoms with Gasteiger partial charge < -0.3 is 28.2 Å². The summed E-state index contributed by atoms with van der Waals surface area (Å²) in [5.74, 6) is -0.993. The summed E-state index contributed by atoms with van der Waals surface area (Å²) in [5, 5.41) is 0. The molecule has 1 heterocycles. The molecule has 0 N–H and O–H groups in total. The lowest BCUT2D eigenvalue weighted by Crippen LogP contribution is -2.49. The Balaban J connectivity index is 3.27. The molecule has 0 saturated carbocycles. The summed E-state index contributed by atoms with van der Waals surface area (Å²) in [4.78, 5) is 46.8. The molecule has 0 amide bonds. The van der Waals surface area contributed by atoms with Crippen molar-refractivity contribution in [1.29, 1.82) is 0 Å². The molecule has 0 unspecified atom stereocenters. The van der Waals surface area contributed by atoms with E-state index in [2.05, 4.69) is 4.90 Å². The van der Waals surface area contributed by atoms with Crippen molar-refractivity contribution in [3.63, 3.8) is 0 Å². The first-order valence-corrected chi connectivity index (χ1v) is 18.3. The van der Waals surface area contributed by atoms with Gasteiger partial charge in [0.25, 0.3) is 0 Å². The number of rotatable bonds is 13. The molecule has 0 radical (unpaired) electrons. The zero-order valence-electron chi connectivity index (χ0n) is 30.5. The summed E-state index contributed by atoms with van der Waals surface area (Å²) in [5.41, 5.74) is -1.85. The maximum absolute atomic E-state index is 13.3. The lowest BCUT2D eigenvalue weighted by atomic mass is 10.2. The fourth-order valence-corrected chi connectivity index (χ4v) is 6.42. The van der Waals surface area contributed by atoms with Crippen molar-refractivity contribution < 1.29 is 42.2 Å². The molecule has 1 saturated heterocycles. The maximum Gasteiger partial charge on any atom is 0.331 e. The normalized spacial score (nSPS) is 18.0. The van der Waals surface area contributed by atoms with E-state index in [0.717, 1.165) is 0 Å². The van der Waals surface area contributed by atoms with Crippen LogP contribution >= 0.6 is 7.60 Å². The van der Waals surface area contributed by atoms with E-state index >= 15 is 0 Å². The SMILES string of the molecule is CCOP(=O)(CCN1CCN(CC(=O)OC(C)(C)C)CCN(CC(=O)OC(C)(C)C)CCN(CC(=O)OC(C)(C)C)CC1)OCC. The van der Waals surface area contributed by atoms with Crippen molar-refractivity contribution in [2.24, 2.45) is 0 Å². The van der Waals surface area contributed by atoms with Crippen LogP contribution in [0.15, 0.2) is 0 Å². The van der Waals surface area contributed by atoms with Crippen LogP contribution in [-0.2, 0) is 42.2 Å². The Bertz CT molecular complexity index is 936. The predicted molar refractivity (Wildman–Crippen MR) is 179 cm³/mol.